The van der Waals surface area contributed by atoms with Crippen molar-refractivity contribution in [3.05, 3.63) is 58.9 Å². The van der Waals surface area contributed by atoms with E-state index in [2.05, 4.69) is 0 Å². The van der Waals surface area contributed by atoms with Crippen LogP contribution in [-0.2, 0) is 0 Å². The molecule has 0 saturated heterocycles. The van der Waals surface area contributed by atoms with E-state index in [0.29, 0.717) is 5.02 Å². The first kappa shape index (κ1) is 9.47. The Morgan fingerprint density at radius 3 is 2.79 bits per heavy atom. The summed E-state index contributed by atoms with van der Waals surface area (Å²) in [6.07, 6.45) is 8.83. The van der Waals surface area contributed by atoms with Crippen LogP contribution in [0.15, 0.2) is 42.5 Å². The highest BCUT2D eigenvalue weighted by Gasteiger charge is 2.12. The summed E-state index contributed by atoms with van der Waals surface area (Å²) < 4.78 is 13.5. The zero-order valence-electron chi connectivity index (χ0n) is 7.58. The van der Waals surface area contributed by atoms with E-state index in [1.54, 1.807) is 12.1 Å². The second kappa shape index (κ2) is 3.97. The molecule has 1 aromatic rings. The molecule has 0 fully saturated rings. The predicted molar refractivity (Wildman–Crippen MR) is 57.0 cm³/mol. The van der Waals surface area contributed by atoms with E-state index < -0.39 is 0 Å². The second-order valence-corrected chi connectivity index (χ2v) is 3.76. The SMILES string of the molecule is Fc1cc(Cl)ccc1[C@@H]1C=CC=CC1. The molecule has 14 heavy (non-hydrogen) atoms. The van der Waals surface area contributed by atoms with Gasteiger partial charge in [0.1, 0.15) is 5.82 Å². The third-order valence-electron chi connectivity index (χ3n) is 2.34. The molecule has 0 amide bonds. The lowest BCUT2D eigenvalue weighted by Crippen LogP contribution is -1.99. The Labute approximate surface area is 87.7 Å². The van der Waals surface area contributed by atoms with Crippen LogP contribution >= 0.6 is 11.6 Å². The molecule has 72 valence electrons. The van der Waals surface area contributed by atoms with Gasteiger partial charge in [0.25, 0.3) is 0 Å². The van der Waals surface area contributed by atoms with E-state index in [1.165, 1.54) is 6.07 Å². The zero-order chi connectivity index (χ0) is 9.97. The number of benzene rings is 1. The largest absolute Gasteiger partial charge is 0.207 e. The molecule has 1 atom stereocenters. The standard InChI is InChI=1S/C12H10ClF/c13-10-6-7-11(12(14)8-10)9-4-2-1-3-5-9/h1-4,6-9H,5H2/t9-/m1/s1. The Balaban J connectivity index is 2.32. The van der Waals surface area contributed by atoms with Gasteiger partial charge in [-0.15, -0.1) is 0 Å². The fourth-order valence-electron chi connectivity index (χ4n) is 1.61. The number of hydrogen-bond donors (Lipinski definition) is 0. The molecule has 0 unspecified atom stereocenters. The van der Waals surface area contributed by atoms with E-state index in [9.17, 15) is 4.39 Å². The monoisotopic (exact) mass is 208 g/mol. The predicted octanol–water partition coefficient (Wildman–Crippen LogP) is 4.08. The van der Waals surface area contributed by atoms with Crippen LogP contribution < -0.4 is 0 Å². The Hall–Kier alpha value is -1.08. The molecule has 0 spiro atoms. The van der Waals surface area contributed by atoms with Crippen molar-refractivity contribution in [1.29, 1.82) is 0 Å². The lowest BCUT2D eigenvalue weighted by atomic mass is 9.92. The van der Waals surface area contributed by atoms with Gasteiger partial charge >= 0.3 is 0 Å². The van der Waals surface area contributed by atoms with Crippen LogP contribution in [0.1, 0.15) is 17.9 Å². The minimum Gasteiger partial charge on any atom is -0.207 e. The van der Waals surface area contributed by atoms with Gasteiger partial charge < -0.3 is 0 Å². The normalized spacial score (nSPS) is 20.0. The highest BCUT2D eigenvalue weighted by molar-refractivity contribution is 6.30. The molecule has 0 heterocycles. The highest BCUT2D eigenvalue weighted by atomic mass is 35.5. The van der Waals surface area contributed by atoms with Crippen molar-refractivity contribution in [3.63, 3.8) is 0 Å². The first-order valence-corrected chi connectivity index (χ1v) is 4.93. The maximum atomic E-state index is 13.5. The molecule has 2 heteroatoms. The maximum Gasteiger partial charge on any atom is 0.128 e. The van der Waals surface area contributed by atoms with Crippen LogP contribution in [0.3, 0.4) is 0 Å². The van der Waals surface area contributed by atoms with Crippen LogP contribution in [0.4, 0.5) is 4.39 Å². The molecule has 2 rings (SSSR count). The Morgan fingerprint density at radius 1 is 1.29 bits per heavy atom. The Morgan fingerprint density at radius 2 is 2.14 bits per heavy atom. The minimum atomic E-state index is -0.220. The fraction of sp³-hybridized carbons (Fsp3) is 0.167. The fourth-order valence-corrected chi connectivity index (χ4v) is 1.77. The second-order valence-electron chi connectivity index (χ2n) is 3.32. The minimum absolute atomic E-state index is 0.150. The van der Waals surface area contributed by atoms with Gasteiger partial charge in [-0.3, -0.25) is 0 Å². The molecule has 1 aromatic carbocycles. The summed E-state index contributed by atoms with van der Waals surface area (Å²) in [6, 6.07) is 4.85. The first-order valence-electron chi connectivity index (χ1n) is 4.55. The Kier molecular flexibility index (Phi) is 2.69. The summed E-state index contributed by atoms with van der Waals surface area (Å²) in [7, 11) is 0. The molecule has 0 aromatic heterocycles. The molecule has 0 bridgehead atoms. The van der Waals surface area contributed by atoms with Crippen molar-refractivity contribution < 1.29 is 4.39 Å². The van der Waals surface area contributed by atoms with Crippen molar-refractivity contribution in [2.24, 2.45) is 0 Å². The zero-order valence-corrected chi connectivity index (χ0v) is 8.34. The topological polar surface area (TPSA) is 0 Å². The molecule has 0 radical (unpaired) electrons. The van der Waals surface area contributed by atoms with Gasteiger partial charge in [0.2, 0.25) is 0 Å². The smallest absolute Gasteiger partial charge is 0.128 e. The third kappa shape index (κ3) is 1.88. The molecule has 1 aliphatic rings. The number of allylic oxidation sites excluding steroid dienone is 4. The summed E-state index contributed by atoms with van der Waals surface area (Å²) in [5.74, 6) is -0.0697. The Bertz CT molecular complexity index is 393. The van der Waals surface area contributed by atoms with E-state index in [1.807, 2.05) is 24.3 Å². The molecule has 0 nitrogen and oxygen atoms in total. The van der Waals surface area contributed by atoms with E-state index >= 15 is 0 Å². The lowest BCUT2D eigenvalue weighted by molar-refractivity contribution is 0.599. The summed E-state index contributed by atoms with van der Waals surface area (Å²) in [5, 5.41) is 0.446. The summed E-state index contributed by atoms with van der Waals surface area (Å²) in [6.45, 7) is 0. The van der Waals surface area contributed by atoms with E-state index in [-0.39, 0.29) is 11.7 Å². The molecule has 0 N–H and O–H groups in total. The van der Waals surface area contributed by atoms with Crippen molar-refractivity contribution >= 4 is 11.6 Å². The number of rotatable bonds is 1. The molecular formula is C12H10ClF. The lowest BCUT2D eigenvalue weighted by Gasteiger charge is -2.14. The average Bonchev–Trinajstić information content (AvgIpc) is 2.19. The highest BCUT2D eigenvalue weighted by Crippen LogP contribution is 2.28. The molecule has 1 aliphatic carbocycles. The average molecular weight is 209 g/mol. The van der Waals surface area contributed by atoms with Gasteiger partial charge in [-0.1, -0.05) is 42.0 Å². The molecular weight excluding hydrogens is 199 g/mol. The summed E-state index contributed by atoms with van der Waals surface area (Å²) >= 11 is 5.68. The maximum absolute atomic E-state index is 13.5. The van der Waals surface area contributed by atoms with Crippen LogP contribution in [0.25, 0.3) is 0 Å². The first-order chi connectivity index (χ1) is 6.77. The summed E-state index contributed by atoms with van der Waals surface area (Å²) in [5.41, 5.74) is 0.718. The van der Waals surface area contributed by atoms with Crippen molar-refractivity contribution in [2.45, 2.75) is 12.3 Å². The van der Waals surface area contributed by atoms with Gasteiger partial charge in [0.05, 0.1) is 0 Å². The third-order valence-corrected chi connectivity index (χ3v) is 2.58. The molecule has 0 aliphatic heterocycles. The van der Waals surface area contributed by atoms with Gasteiger partial charge in [-0.05, 0) is 24.1 Å². The van der Waals surface area contributed by atoms with Gasteiger partial charge in [-0.25, -0.2) is 4.39 Å². The quantitative estimate of drug-likeness (QED) is 0.653. The van der Waals surface area contributed by atoms with E-state index in [0.717, 1.165) is 12.0 Å². The van der Waals surface area contributed by atoms with Crippen LogP contribution in [0.5, 0.6) is 0 Å². The van der Waals surface area contributed by atoms with Gasteiger partial charge in [0.15, 0.2) is 0 Å². The number of hydrogen-bond acceptors (Lipinski definition) is 0. The summed E-state index contributed by atoms with van der Waals surface area (Å²) in [4.78, 5) is 0. The van der Waals surface area contributed by atoms with Crippen molar-refractivity contribution in [1.82, 2.24) is 0 Å². The van der Waals surface area contributed by atoms with Crippen LogP contribution in [0.2, 0.25) is 5.02 Å². The molecule has 0 saturated carbocycles. The van der Waals surface area contributed by atoms with Crippen LogP contribution in [0, 0.1) is 5.82 Å². The van der Waals surface area contributed by atoms with Gasteiger partial charge in [0, 0.05) is 10.9 Å². The van der Waals surface area contributed by atoms with Crippen molar-refractivity contribution in [2.75, 3.05) is 0 Å². The van der Waals surface area contributed by atoms with Crippen LogP contribution in [-0.4, -0.2) is 0 Å². The van der Waals surface area contributed by atoms with Gasteiger partial charge in [-0.2, -0.15) is 0 Å². The van der Waals surface area contributed by atoms with Crippen molar-refractivity contribution in [3.8, 4) is 0 Å². The number of halogens is 2. The van der Waals surface area contributed by atoms with E-state index in [4.69, 9.17) is 11.6 Å².